The van der Waals surface area contributed by atoms with Crippen molar-refractivity contribution in [1.29, 1.82) is 0 Å². The first kappa shape index (κ1) is 19.9. The highest BCUT2D eigenvalue weighted by Crippen LogP contribution is 2.14. The van der Waals surface area contributed by atoms with E-state index in [4.69, 9.17) is 4.74 Å². The molecule has 1 aromatic carbocycles. The van der Waals surface area contributed by atoms with Gasteiger partial charge in [0.15, 0.2) is 5.78 Å². The van der Waals surface area contributed by atoms with Crippen LogP contribution in [0, 0.1) is 5.92 Å². The summed E-state index contributed by atoms with van der Waals surface area (Å²) in [6.07, 6.45) is 9.38. The van der Waals surface area contributed by atoms with Crippen LogP contribution in [0.4, 0.5) is 0 Å². The lowest BCUT2D eigenvalue weighted by atomic mass is 10.0. The second kappa shape index (κ2) is 11.4. The van der Waals surface area contributed by atoms with Gasteiger partial charge in [-0.1, -0.05) is 75.6 Å². The van der Waals surface area contributed by atoms with Gasteiger partial charge in [-0.05, 0) is 30.9 Å². The molecule has 0 aromatic heterocycles. The Balaban J connectivity index is 2.66. The van der Waals surface area contributed by atoms with Crippen LogP contribution >= 0.6 is 0 Å². The van der Waals surface area contributed by atoms with Crippen LogP contribution in [-0.2, 0) is 14.3 Å². The van der Waals surface area contributed by atoms with Crippen molar-refractivity contribution in [2.45, 2.75) is 46.5 Å². The summed E-state index contributed by atoms with van der Waals surface area (Å²) in [5.41, 5.74) is 1.10. The minimum absolute atomic E-state index is 0.0903. The first-order valence-electron chi connectivity index (χ1n) is 8.69. The summed E-state index contributed by atoms with van der Waals surface area (Å²) < 4.78 is 5.36. The average Bonchev–Trinajstić information content (AvgIpc) is 2.59. The molecule has 3 heteroatoms. The maximum atomic E-state index is 12.2. The Bertz CT molecular complexity index is 570. The second-order valence-electron chi connectivity index (χ2n) is 5.92. The predicted molar refractivity (Wildman–Crippen MR) is 98.5 cm³/mol. The summed E-state index contributed by atoms with van der Waals surface area (Å²) in [5.74, 6) is -0.448. The molecule has 0 saturated heterocycles. The minimum Gasteiger partial charge on any atom is -0.462 e. The highest BCUT2D eigenvalue weighted by molar-refractivity contribution is 6.16. The maximum absolute atomic E-state index is 12.2. The predicted octanol–water partition coefficient (Wildman–Crippen LogP) is 4.97. The van der Waals surface area contributed by atoms with Crippen LogP contribution in [0.1, 0.15) is 52.0 Å². The molecule has 0 aliphatic carbocycles. The Morgan fingerprint density at radius 1 is 1.17 bits per heavy atom. The van der Waals surface area contributed by atoms with Crippen LogP contribution in [0.2, 0.25) is 0 Å². The van der Waals surface area contributed by atoms with Gasteiger partial charge in [0, 0.05) is 0 Å². The van der Waals surface area contributed by atoms with Crippen LogP contribution in [0.15, 0.2) is 48.1 Å². The molecule has 0 aliphatic rings. The van der Waals surface area contributed by atoms with Crippen molar-refractivity contribution in [3.8, 4) is 0 Å². The smallest absolute Gasteiger partial charge is 0.341 e. The van der Waals surface area contributed by atoms with Crippen molar-refractivity contribution in [2.24, 2.45) is 5.92 Å². The van der Waals surface area contributed by atoms with Gasteiger partial charge in [-0.25, -0.2) is 4.79 Å². The molecule has 3 nitrogen and oxygen atoms in total. The van der Waals surface area contributed by atoms with Crippen molar-refractivity contribution in [2.75, 3.05) is 6.61 Å². The molecule has 0 radical (unpaired) electrons. The number of hydrogen-bond acceptors (Lipinski definition) is 3. The normalized spacial score (nSPS) is 13.0. The standard InChI is InChI=1S/C21H28O3/c1-4-6-11-18(5-2)16-24-21(23)20(17(3)22)15-10-14-19-12-8-7-9-13-19/h7-10,12-15,18H,4-6,11,16H2,1-3H3/b14-10+,20-15-. The Kier molecular flexibility index (Phi) is 9.44. The van der Waals surface area contributed by atoms with E-state index < -0.39 is 5.97 Å². The molecule has 0 spiro atoms. The zero-order chi connectivity index (χ0) is 17.8. The van der Waals surface area contributed by atoms with E-state index in [2.05, 4.69) is 13.8 Å². The van der Waals surface area contributed by atoms with Crippen molar-refractivity contribution in [3.05, 3.63) is 53.6 Å². The number of rotatable bonds is 10. The highest BCUT2D eigenvalue weighted by Gasteiger charge is 2.17. The summed E-state index contributed by atoms with van der Waals surface area (Å²) in [4.78, 5) is 23.9. The molecule has 0 fully saturated rings. The van der Waals surface area contributed by atoms with E-state index in [1.54, 1.807) is 6.08 Å². The van der Waals surface area contributed by atoms with Crippen molar-refractivity contribution >= 4 is 17.8 Å². The highest BCUT2D eigenvalue weighted by atomic mass is 16.5. The van der Waals surface area contributed by atoms with Crippen LogP contribution in [0.25, 0.3) is 6.08 Å². The number of unbranched alkanes of at least 4 members (excludes halogenated alkanes) is 1. The third-order valence-corrected chi connectivity index (χ3v) is 3.94. The largest absolute Gasteiger partial charge is 0.462 e. The van der Waals surface area contributed by atoms with Gasteiger partial charge < -0.3 is 4.74 Å². The molecule has 1 aromatic rings. The number of carbonyl (C=O) groups excluding carboxylic acids is 2. The summed E-state index contributed by atoms with van der Waals surface area (Å²) >= 11 is 0. The van der Waals surface area contributed by atoms with Crippen LogP contribution < -0.4 is 0 Å². The monoisotopic (exact) mass is 328 g/mol. The number of ketones is 1. The molecule has 130 valence electrons. The van der Waals surface area contributed by atoms with Crippen LogP contribution in [0.5, 0.6) is 0 Å². The zero-order valence-electron chi connectivity index (χ0n) is 15.0. The molecule has 0 bridgehead atoms. The Morgan fingerprint density at radius 3 is 2.46 bits per heavy atom. The van der Waals surface area contributed by atoms with Crippen molar-refractivity contribution in [3.63, 3.8) is 0 Å². The molecule has 0 heterocycles. The van der Waals surface area contributed by atoms with Gasteiger partial charge >= 0.3 is 5.97 Å². The quantitative estimate of drug-likeness (QED) is 0.200. The molecular formula is C21H28O3. The fourth-order valence-corrected chi connectivity index (χ4v) is 2.32. The van der Waals surface area contributed by atoms with Gasteiger partial charge in [-0.15, -0.1) is 0 Å². The summed E-state index contributed by atoms with van der Waals surface area (Å²) in [6, 6.07) is 9.72. The molecule has 0 saturated carbocycles. The second-order valence-corrected chi connectivity index (χ2v) is 5.92. The van der Waals surface area contributed by atoms with Gasteiger partial charge in [-0.3, -0.25) is 4.79 Å². The van der Waals surface area contributed by atoms with Gasteiger partial charge in [0.05, 0.1) is 6.61 Å². The average molecular weight is 328 g/mol. The van der Waals surface area contributed by atoms with E-state index in [0.717, 1.165) is 31.2 Å². The number of hydrogen-bond donors (Lipinski definition) is 0. The third-order valence-electron chi connectivity index (χ3n) is 3.94. The molecule has 0 amide bonds. The first-order valence-corrected chi connectivity index (χ1v) is 8.69. The van der Waals surface area contributed by atoms with Gasteiger partial charge in [0.1, 0.15) is 5.57 Å². The maximum Gasteiger partial charge on any atom is 0.341 e. The third kappa shape index (κ3) is 7.40. The van der Waals surface area contributed by atoms with Gasteiger partial charge in [0.2, 0.25) is 0 Å². The fraction of sp³-hybridized carbons (Fsp3) is 0.429. The Morgan fingerprint density at radius 2 is 1.88 bits per heavy atom. The molecular weight excluding hydrogens is 300 g/mol. The first-order chi connectivity index (χ1) is 11.6. The lowest BCUT2D eigenvalue weighted by molar-refractivity contribution is -0.141. The number of esters is 1. The molecule has 24 heavy (non-hydrogen) atoms. The van der Waals surface area contributed by atoms with Crippen molar-refractivity contribution in [1.82, 2.24) is 0 Å². The lowest BCUT2D eigenvalue weighted by Crippen LogP contribution is -2.18. The topological polar surface area (TPSA) is 43.4 Å². The van der Waals surface area contributed by atoms with Crippen LogP contribution in [0.3, 0.4) is 0 Å². The molecule has 1 rings (SSSR count). The summed E-state index contributed by atoms with van der Waals surface area (Å²) in [6.45, 7) is 6.01. The molecule has 0 N–H and O–H groups in total. The SMILES string of the molecule is CCCCC(CC)COC(=O)/C(=C\C=C\c1ccccc1)C(C)=O. The summed E-state index contributed by atoms with van der Waals surface area (Å²) in [5, 5.41) is 0. The minimum atomic E-state index is -0.532. The molecule has 1 unspecified atom stereocenters. The van der Waals surface area contributed by atoms with E-state index in [-0.39, 0.29) is 11.4 Å². The van der Waals surface area contributed by atoms with Gasteiger partial charge in [0.25, 0.3) is 0 Å². The van der Waals surface area contributed by atoms with Crippen molar-refractivity contribution < 1.29 is 14.3 Å². The fourth-order valence-electron chi connectivity index (χ4n) is 2.32. The van der Waals surface area contributed by atoms with E-state index in [1.165, 1.54) is 13.0 Å². The lowest BCUT2D eigenvalue weighted by Gasteiger charge is -2.14. The Hall–Kier alpha value is -2.16. The Labute approximate surface area is 145 Å². The molecule has 1 atom stereocenters. The van der Waals surface area contributed by atoms with E-state index in [9.17, 15) is 9.59 Å². The molecule has 0 aliphatic heterocycles. The number of Topliss-reactive ketones (excluding diaryl/α,β-unsaturated/α-hetero) is 1. The van der Waals surface area contributed by atoms with E-state index in [1.807, 2.05) is 36.4 Å². The number of allylic oxidation sites excluding steroid dienone is 2. The van der Waals surface area contributed by atoms with Gasteiger partial charge in [-0.2, -0.15) is 0 Å². The van der Waals surface area contributed by atoms with E-state index in [0.29, 0.717) is 12.5 Å². The number of ether oxygens (including phenoxy) is 1. The number of benzene rings is 1. The van der Waals surface area contributed by atoms with E-state index >= 15 is 0 Å². The zero-order valence-corrected chi connectivity index (χ0v) is 15.0. The van der Waals surface area contributed by atoms with Crippen LogP contribution in [-0.4, -0.2) is 18.4 Å². The number of carbonyl (C=O) groups is 2. The summed E-state index contributed by atoms with van der Waals surface area (Å²) in [7, 11) is 0.